The molecule has 0 saturated carbocycles. The fraction of sp³-hybridized carbons (Fsp3) is 0.296. The molecule has 0 spiro atoms. The maximum atomic E-state index is 13.6. The van der Waals surface area contributed by atoms with Crippen molar-refractivity contribution in [1.29, 1.82) is 0 Å². The lowest BCUT2D eigenvalue weighted by Crippen LogP contribution is -2.52. The minimum Gasteiger partial charge on any atom is -0.368 e. The Labute approximate surface area is 233 Å². The second-order valence-corrected chi connectivity index (χ2v) is 12.3. The van der Waals surface area contributed by atoms with Gasteiger partial charge in [0.2, 0.25) is 15.9 Å². The first-order valence-electron chi connectivity index (χ1n) is 11.8. The zero-order valence-electron chi connectivity index (χ0n) is 20.6. The summed E-state index contributed by atoms with van der Waals surface area (Å²) < 4.78 is 28.3. The molecule has 0 aliphatic carbocycles. The number of benzene rings is 3. The van der Waals surface area contributed by atoms with E-state index in [1.807, 2.05) is 6.07 Å². The normalized spacial score (nSPS) is 14.3. The highest BCUT2D eigenvalue weighted by Crippen LogP contribution is 2.27. The van der Waals surface area contributed by atoms with Gasteiger partial charge in [-0.05, 0) is 73.0 Å². The number of amides is 1. The quantitative estimate of drug-likeness (QED) is 0.354. The number of piperazine rings is 1. The van der Waals surface area contributed by atoms with Gasteiger partial charge in [0.15, 0.2) is 0 Å². The van der Waals surface area contributed by atoms with Crippen molar-refractivity contribution in [3.63, 3.8) is 0 Å². The molecule has 37 heavy (non-hydrogen) atoms. The standard InChI is InChI=1S/C27H28Cl3N3O3S/c1-19-4-3-5-26(20(19)2)31-12-14-32(15-13-31)27(34)18-33(17-21-6-7-23(29)16-25(21)30)37(35,36)24-10-8-22(28)9-11-24/h3-11,16H,12-15,17-18H2,1-2H3. The van der Waals surface area contributed by atoms with E-state index in [0.29, 0.717) is 46.8 Å². The van der Waals surface area contributed by atoms with E-state index >= 15 is 0 Å². The number of hydrogen-bond donors (Lipinski definition) is 0. The Bertz CT molecular complexity index is 1390. The van der Waals surface area contributed by atoms with Crippen LogP contribution in [-0.2, 0) is 21.4 Å². The van der Waals surface area contributed by atoms with Gasteiger partial charge in [-0.3, -0.25) is 4.79 Å². The molecule has 1 saturated heterocycles. The molecule has 1 heterocycles. The lowest BCUT2D eigenvalue weighted by molar-refractivity contribution is -0.131. The smallest absolute Gasteiger partial charge is 0.243 e. The van der Waals surface area contributed by atoms with E-state index in [2.05, 4.69) is 30.9 Å². The van der Waals surface area contributed by atoms with E-state index in [1.165, 1.54) is 35.4 Å². The Kier molecular flexibility index (Phi) is 8.71. The Morgan fingerprint density at radius 3 is 2.19 bits per heavy atom. The fourth-order valence-corrected chi connectivity index (χ4v) is 6.31. The summed E-state index contributed by atoms with van der Waals surface area (Å²) in [6, 6.07) is 17.0. The van der Waals surface area contributed by atoms with Gasteiger partial charge in [0.1, 0.15) is 0 Å². The number of aryl methyl sites for hydroxylation is 1. The van der Waals surface area contributed by atoms with E-state index in [-0.39, 0.29) is 23.9 Å². The molecule has 3 aromatic rings. The number of sulfonamides is 1. The molecule has 0 radical (unpaired) electrons. The monoisotopic (exact) mass is 579 g/mol. The van der Waals surface area contributed by atoms with Gasteiger partial charge in [-0.15, -0.1) is 0 Å². The predicted molar refractivity (Wildman–Crippen MR) is 150 cm³/mol. The van der Waals surface area contributed by atoms with Crippen molar-refractivity contribution in [1.82, 2.24) is 9.21 Å². The molecule has 1 fully saturated rings. The second-order valence-electron chi connectivity index (χ2n) is 9.05. The highest BCUT2D eigenvalue weighted by molar-refractivity contribution is 7.89. The highest BCUT2D eigenvalue weighted by Gasteiger charge is 2.31. The highest BCUT2D eigenvalue weighted by atomic mass is 35.5. The number of hydrogen-bond acceptors (Lipinski definition) is 4. The average Bonchev–Trinajstić information content (AvgIpc) is 2.87. The van der Waals surface area contributed by atoms with Crippen molar-refractivity contribution >= 4 is 56.4 Å². The van der Waals surface area contributed by atoms with E-state index in [1.54, 1.807) is 23.1 Å². The summed E-state index contributed by atoms with van der Waals surface area (Å²) >= 11 is 18.3. The fourth-order valence-electron chi connectivity index (χ4n) is 4.35. The number of rotatable bonds is 7. The first-order chi connectivity index (χ1) is 17.6. The molecule has 10 heteroatoms. The van der Waals surface area contributed by atoms with Crippen LogP contribution in [0.2, 0.25) is 15.1 Å². The third kappa shape index (κ3) is 6.41. The van der Waals surface area contributed by atoms with E-state index in [9.17, 15) is 13.2 Å². The number of carbonyl (C=O) groups excluding carboxylic acids is 1. The molecule has 0 N–H and O–H groups in total. The summed E-state index contributed by atoms with van der Waals surface area (Å²) in [5, 5.41) is 1.20. The van der Waals surface area contributed by atoms with Crippen LogP contribution in [0.4, 0.5) is 5.69 Å². The lowest BCUT2D eigenvalue weighted by atomic mass is 10.1. The predicted octanol–water partition coefficient (Wildman–Crippen LogP) is 5.80. The van der Waals surface area contributed by atoms with Gasteiger partial charge in [-0.1, -0.05) is 53.0 Å². The SMILES string of the molecule is Cc1cccc(N2CCN(C(=O)CN(Cc3ccc(Cl)cc3Cl)S(=O)(=O)c3ccc(Cl)cc3)CC2)c1C. The van der Waals surface area contributed by atoms with E-state index < -0.39 is 10.0 Å². The van der Waals surface area contributed by atoms with E-state index in [4.69, 9.17) is 34.8 Å². The molecule has 0 atom stereocenters. The van der Waals surface area contributed by atoms with Crippen molar-refractivity contribution in [2.45, 2.75) is 25.3 Å². The largest absolute Gasteiger partial charge is 0.368 e. The Morgan fingerprint density at radius 2 is 1.54 bits per heavy atom. The van der Waals surface area contributed by atoms with E-state index in [0.717, 1.165) is 9.99 Å². The summed E-state index contributed by atoms with van der Waals surface area (Å²) in [6.07, 6.45) is 0. The van der Waals surface area contributed by atoms with Crippen LogP contribution in [0, 0.1) is 13.8 Å². The first-order valence-corrected chi connectivity index (χ1v) is 14.4. The van der Waals surface area contributed by atoms with Crippen LogP contribution in [0.5, 0.6) is 0 Å². The van der Waals surface area contributed by atoms with Gasteiger partial charge >= 0.3 is 0 Å². The molecule has 1 aliphatic rings. The van der Waals surface area contributed by atoms with Crippen LogP contribution < -0.4 is 4.90 Å². The molecule has 0 bridgehead atoms. The summed E-state index contributed by atoms with van der Waals surface area (Å²) in [4.78, 5) is 17.4. The Morgan fingerprint density at radius 1 is 0.892 bits per heavy atom. The molecule has 1 aliphatic heterocycles. The summed E-state index contributed by atoms with van der Waals surface area (Å²) in [5.41, 5.74) is 4.16. The summed E-state index contributed by atoms with van der Waals surface area (Å²) in [7, 11) is -4.02. The third-order valence-electron chi connectivity index (χ3n) is 6.67. The van der Waals surface area contributed by atoms with Gasteiger partial charge in [-0.25, -0.2) is 8.42 Å². The third-order valence-corrected chi connectivity index (χ3v) is 9.32. The summed E-state index contributed by atoms with van der Waals surface area (Å²) in [5.74, 6) is -0.261. The number of nitrogens with zero attached hydrogens (tertiary/aromatic N) is 3. The molecule has 6 nitrogen and oxygen atoms in total. The average molecular weight is 581 g/mol. The van der Waals surface area contributed by atoms with Gasteiger partial charge in [0, 0.05) is 53.5 Å². The zero-order chi connectivity index (χ0) is 26.7. The zero-order valence-corrected chi connectivity index (χ0v) is 23.7. The number of halogens is 3. The lowest BCUT2D eigenvalue weighted by Gasteiger charge is -2.37. The van der Waals surface area contributed by atoms with Gasteiger partial charge < -0.3 is 9.80 Å². The van der Waals surface area contributed by atoms with Crippen molar-refractivity contribution < 1.29 is 13.2 Å². The topological polar surface area (TPSA) is 60.9 Å². The molecule has 3 aromatic carbocycles. The molecular weight excluding hydrogens is 553 g/mol. The Balaban J connectivity index is 1.53. The van der Waals surface area contributed by atoms with Crippen LogP contribution in [0.15, 0.2) is 65.6 Å². The van der Waals surface area contributed by atoms with Crippen molar-refractivity contribution in [2.24, 2.45) is 0 Å². The minimum atomic E-state index is -4.02. The number of anilines is 1. The van der Waals surface area contributed by atoms with Crippen molar-refractivity contribution in [3.8, 4) is 0 Å². The molecule has 0 unspecified atom stereocenters. The molecule has 1 amide bonds. The molecular formula is C27H28Cl3N3O3S. The summed E-state index contributed by atoms with van der Waals surface area (Å²) in [6.45, 7) is 6.14. The molecule has 0 aromatic heterocycles. The maximum Gasteiger partial charge on any atom is 0.243 e. The van der Waals surface area contributed by atoms with Crippen LogP contribution in [-0.4, -0.2) is 56.3 Å². The first kappa shape index (κ1) is 27.7. The van der Waals surface area contributed by atoms with Gasteiger partial charge in [0.25, 0.3) is 0 Å². The van der Waals surface area contributed by atoms with Crippen LogP contribution in [0.3, 0.4) is 0 Å². The van der Waals surface area contributed by atoms with Crippen molar-refractivity contribution in [3.05, 3.63) is 92.4 Å². The van der Waals surface area contributed by atoms with Crippen molar-refractivity contribution in [2.75, 3.05) is 37.6 Å². The molecule has 196 valence electrons. The van der Waals surface area contributed by atoms with Crippen LogP contribution in [0.1, 0.15) is 16.7 Å². The Hall–Kier alpha value is -2.29. The number of carbonyl (C=O) groups is 1. The maximum absolute atomic E-state index is 13.6. The van der Waals surface area contributed by atoms with Gasteiger partial charge in [-0.2, -0.15) is 4.31 Å². The molecule has 4 rings (SSSR count). The van der Waals surface area contributed by atoms with Gasteiger partial charge in [0.05, 0.1) is 11.4 Å². The second kappa shape index (κ2) is 11.6. The minimum absolute atomic E-state index is 0.0505. The van der Waals surface area contributed by atoms with Crippen LogP contribution in [0.25, 0.3) is 0 Å². The van der Waals surface area contributed by atoms with Crippen LogP contribution >= 0.6 is 34.8 Å².